The Bertz CT molecular complexity index is 352. The molecule has 0 atom stereocenters. The molecule has 2 rings (SSSR count). The molecule has 0 saturated carbocycles. The number of hydrogen-bond acceptors (Lipinski definition) is 2. The predicted molar refractivity (Wildman–Crippen MR) is 55.1 cm³/mol. The number of aryl methyl sites for hydroxylation is 2. The van der Waals surface area contributed by atoms with Crippen molar-refractivity contribution < 1.29 is 9.90 Å². The molecule has 0 amide bonds. The van der Waals surface area contributed by atoms with Gasteiger partial charge >= 0.3 is 5.97 Å². The van der Waals surface area contributed by atoms with Gasteiger partial charge in [-0.3, -0.25) is 4.98 Å². The van der Waals surface area contributed by atoms with Crippen LogP contribution in [0, 0.1) is 0 Å². The Morgan fingerprint density at radius 2 is 2.07 bits per heavy atom. The zero-order valence-corrected chi connectivity index (χ0v) is 8.51. The van der Waals surface area contributed by atoms with Crippen LogP contribution >= 0.6 is 12.4 Å². The Morgan fingerprint density at radius 1 is 1.36 bits per heavy atom. The van der Waals surface area contributed by atoms with Crippen molar-refractivity contribution >= 4 is 18.4 Å². The molecule has 1 aliphatic carbocycles. The average molecular weight is 214 g/mol. The summed E-state index contributed by atoms with van der Waals surface area (Å²) in [4.78, 5) is 14.8. The van der Waals surface area contributed by atoms with E-state index in [1.807, 2.05) is 0 Å². The quantitative estimate of drug-likeness (QED) is 0.777. The molecule has 0 aliphatic heterocycles. The maximum absolute atomic E-state index is 10.6. The van der Waals surface area contributed by atoms with Gasteiger partial charge in [0.25, 0.3) is 0 Å². The number of fused-ring (bicyclic) bond motifs is 1. The van der Waals surface area contributed by atoms with Gasteiger partial charge in [0.1, 0.15) is 0 Å². The summed E-state index contributed by atoms with van der Waals surface area (Å²) < 4.78 is 0. The van der Waals surface area contributed by atoms with Crippen LogP contribution in [0.2, 0.25) is 0 Å². The summed E-state index contributed by atoms with van der Waals surface area (Å²) in [6.45, 7) is 0. The SMILES string of the molecule is Cl.O=C(O)c1cnc2c(c1)CCCC2. The van der Waals surface area contributed by atoms with Crippen LogP contribution < -0.4 is 0 Å². The van der Waals surface area contributed by atoms with Gasteiger partial charge in [-0.05, 0) is 37.3 Å². The van der Waals surface area contributed by atoms with Crippen LogP contribution in [0.25, 0.3) is 0 Å². The fourth-order valence-corrected chi connectivity index (χ4v) is 1.71. The lowest BCUT2D eigenvalue weighted by Gasteiger charge is -2.14. The molecule has 3 nitrogen and oxygen atoms in total. The first-order chi connectivity index (χ1) is 6.27. The number of carbonyl (C=O) groups is 1. The number of carboxylic acids is 1. The molecule has 1 heterocycles. The topological polar surface area (TPSA) is 50.2 Å². The van der Waals surface area contributed by atoms with Crippen LogP contribution in [-0.2, 0) is 12.8 Å². The van der Waals surface area contributed by atoms with E-state index in [0.29, 0.717) is 5.56 Å². The average Bonchev–Trinajstić information content (AvgIpc) is 2.17. The van der Waals surface area contributed by atoms with Crippen molar-refractivity contribution in [2.45, 2.75) is 25.7 Å². The van der Waals surface area contributed by atoms with Crippen LogP contribution in [0.4, 0.5) is 0 Å². The minimum Gasteiger partial charge on any atom is -0.478 e. The van der Waals surface area contributed by atoms with Crippen molar-refractivity contribution in [3.05, 3.63) is 29.1 Å². The lowest BCUT2D eigenvalue weighted by atomic mass is 9.95. The highest BCUT2D eigenvalue weighted by Gasteiger charge is 2.12. The lowest BCUT2D eigenvalue weighted by Crippen LogP contribution is -2.08. The third kappa shape index (κ3) is 2.04. The summed E-state index contributed by atoms with van der Waals surface area (Å²) in [5.41, 5.74) is 2.50. The Labute approximate surface area is 88.6 Å². The molecule has 0 aromatic carbocycles. The zero-order chi connectivity index (χ0) is 9.26. The van der Waals surface area contributed by atoms with E-state index < -0.39 is 5.97 Å². The molecule has 0 unspecified atom stereocenters. The fourth-order valence-electron chi connectivity index (χ4n) is 1.71. The molecule has 1 aromatic heterocycles. The van der Waals surface area contributed by atoms with Crippen molar-refractivity contribution in [3.8, 4) is 0 Å². The monoisotopic (exact) mass is 213 g/mol. The summed E-state index contributed by atoms with van der Waals surface area (Å²) in [7, 11) is 0. The van der Waals surface area contributed by atoms with Crippen LogP contribution in [0.5, 0.6) is 0 Å². The zero-order valence-electron chi connectivity index (χ0n) is 7.69. The molecule has 4 heteroatoms. The highest BCUT2D eigenvalue weighted by atomic mass is 35.5. The Hall–Kier alpha value is -1.09. The number of pyridine rings is 1. The standard InChI is InChI=1S/C10H11NO2.ClH/c12-10(13)8-5-7-3-1-2-4-9(7)11-6-8;/h5-6H,1-4H2,(H,12,13);1H. The van der Waals surface area contributed by atoms with Gasteiger partial charge in [0.2, 0.25) is 0 Å². The summed E-state index contributed by atoms with van der Waals surface area (Å²) in [5, 5.41) is 8.75. The molecule has 0 saturated heterocycles. The molecule has 0 fully saturated rings. The maximum Gasteiger partial charge on any atom is 0.337 e. The molecular weight excluding hydrogens is 202 g/mol. The van der Waals surface area contributed by atoms with Gasteiger partial charge in [-0.25, -0.2) is 4.79 Å². The minimum absolute atomic E-state index is 0. The van der Waals surface area contributed by atoms with E-state index in [1.165, 1.54) is 12.6 Å². The molecule has 76 valence electrons. The third-order valence-corrected chi connectivity index (χ3v) is 2.42. The number of aromatic nitrogens is 1. The second-order valence-electron chi connectivity index (χ2n) is 3.34. The predicted octanol–water partition coefficient (Wildman–Crippen LogP) is 2.08. The van der Waals surface area contributed by atoms with E-state index in [9.17, 15) is 4.79 Å². The van der Waals surface area contributed by atoms with Crippen molar-refractivity contribution in [2.75, 3.05) is 0 Å². The Morgan fingerprint density at radius 3 is 2.79 bits per heavy atom. The van der Waals surface area contributed by atoms with Gasteiger partial charge in [-0.15, -0.1) is 12.4 Å². The van der Waals surface area contributed by atoms with Gasteiger partial charge < -0.3 is 5.11 Å². The van der Waals surface area contributed by atoms with Crippen molar-refractivity contribution in [3.63, 3.8) is 0 Å². The van der Waals surface area contributed by atoms with Gasteiger partial charge in [-0.1, -0.05) is 0 Å². The van der Waals surface area contributed by atoms with E-state index in [2.05, 4.69) is 4.98 Å². The van der Waals surface area contributed by atoms with Crippen LogP contribution in [0.1, 0.15) is 34.5 Å². The van der Waals surface area contributed by atoms with E-state index in [1.54, 1.807) is 6.07 Å². The van der Waals surface area contributed by atoms with Gasteiger partial charge in [0.15, 0.2) is 0 Å². The van der Waals surface area contributed by atoms with Crippen molar-refractivity contribution in [1.29, 1.82) is 0 Å². The van der Waals surface area contributed by atoms with Crippen molar-refractivity contribution in [1.82, 2.24) is 4.98 Å². The number of hydrogen-bond donors (Lipinski definition) is 1. The summed E-state index contributed by atoms with van der Waals surface area (Å²) in [5.74, 6) is -0.888. The second-order valence-corrected chi connectivity index (χ2v) is 3.34. The van der Waals surface area contributed by atoms with Crippen LogP contribution in [0.3, 0.4) is 0 Å². The number of carboxylic acid groups (broad SMARTS) is 1. The fraction of sp³-hybridized carbons (Fsp3) is 0.400. The number of nitrogens with zero attached hydrogens (tertiary/aromatic N) is 1. The summed E-state index contributed by atoms with van der Waals surface area (Å²) in [6.07, 6.45) is 5.75. The van der Waals surface area contributed by atoms with E-state index in [0.717, 1.165) is 30.5 Å². The number of halogens is 1. The molecule has 14 heavy (non-hydrogen) atoms. The van der Waals surface area contributed by atoms with Crippen LogP contribution in [0.15, 0.2) is 12.3 Å². The number of aromatic carboxylic acids is 1. The largest absolute Gasteiger partial charge is 0.478 e. The van der Waals surface area contributed by atoms with E-state index >= 15 is 0 Å². The Kier molecular flexibility index (Phi) is 3.47. The first-order valence-corrected chi connectivity index (χ1v) is 4.48. The molecule has 1 N–H and O–H groups in total. The van der Waals surface area contributed by atoms with E-state index in [4.69, 9.17) is 5.11 Å². The van der Waals surface area contributed by atoms with Crippen molar-refractivity contribution in [2.24, 2.45) is 0 Å². The van der Waals surface area contributed by atoms with Gasteiger partial charge in [-0.2, -0.15) is 0 Å². The highest BCUT2D eigenvalue weighted by molar-refractivity contribution is 5.87. The smallest absolute Gasteiger partial charge is 0.337 e. The van der Waals surface area contributed by atoms with Gasteiger partial charge in [0, 0.05) is 11.9 Å². The first-order valence-electron chi connectivity index (χ1n) is 4.48. The van der Waals surface area contributed by atoms with E-state index in [-0.39, 0.29) is 12.4 Å². The number of rotatable bonds is 1. The Balaban J connectivity index is 0.000000980. The third-order valence-electron chi connectivity index (χ3n) is 2.42. The summed E-state index contributed by atoms with van der Waals surface area (Å²) >= 11 is 0. The second kappa shape index (κ2) is 4.42. The molecule has 0 spiro atoms. The lowest BCUT2D eigenvalue weighted by molar-refractivity contribution is 0.0696. The molecule has 0 radical (unpaired) electrons. The highest BCUT2D eigenvalue weighted by Crippen LogP contribution is 2.19. The first kappa shape index (κ1) is 11.0. The van der Waals surface area contributed by atoms with Gasteiger partial charge in [0.05, 0.1) is 5.56 Å². The minimum atomic E-state index is -0.888. The molecule has 1 aliphatic rings. The molecule has 1 aromatic rings. The maximum atomic E-state index is 10.6. The normalized spacial score (nSPS) is 14.0. The molecular formula is C10H12ClNO2. The van der Waals surface area contributed by atoms with Crippen LogP contribution in [-0.4, -0.2) is 16.1 Å². The molecule has 0 bridgehead atoms. The summed E-state index contributed by atoms with van der Waals surface area (Å²) in [6, 6.07) is 1.75.